The van der Waals surface area contributed by atoms with E-state index in [0.29, 0.717) is 12.4 Å². The minimum atomic E-state index is -0.799. The van der Waals surface area contributed by atoms with Crippen LogP contribution in [-0.2, 0) is 9.53 Å². The maximum Gasteiger partial charge on any atom is 0.232 e. The lowest BCUT2D eigenvalue weighted by Crippen LogP contribution is -2.47. The molecule has 2 N–H and O–H groups in total. The molecule has 0 spiro atoms. The van der Waals surface area contributed by atoms with E-state index in [1.807, 2.05) is 4.90 Å². The quantitative estimate of drug-likeness (QED) is 0.688. The molecule has 3 fully saturated rings. The summed E-state index contributed by atoms with van der Waals surface area (Å²) in [5.74, 6) is -1.00. The molecule has 10 heteroatoms. The fourth-order valence-electron chi connectivity index (χ4n) is 5.24. The monoisotopic (exact) mass is 428 g/mol. The summed E-state index contributed by atoms with van der Waals surface area (Å²) in [7, 11) is 1.67. The number of anilines is 1. The van der Waals surface area contributed by atoms with E-state index < -0.39 is 11.6 Å². The average Bonchev–Trinajstić information content (AvgIpc) is 3.49. The van der Waals surface area contributed by atoms with Crippen LogP contribution in [0, 0.1) is 17.0 Å². The Morgan fingerprint density at radius 1 is 1.26 bits per heavy atom. The molecule has 0 radical (unpaired) electrons. The van der Waals surface area contributed by atoms with Gasteiger partial charge in [-0.25, -0.2) is 18.7 Å². The first-order valence-corrected chi connectivity index (χ1v) is 10.5. The fourth-order valence-corrected chi connectivity index (χ4v) is 5.24. The van der Waals surface area contributed by atoms with Gasteiger partial charge in [0.15, 0.2) is 17.3 Å². The molecule has 1 saturated heterocycles. The van der Waals surface area contributed by atoms with Crippen LogP contribution in [-0.4, -0.2) is 55.7 Å². The highest BCUT2D eigenvalue weighted by Crippen LogP contribution is 2.81. The van der Waals surface area contributed by atoms with E-state index >= 15 is 0 Å². The highest BCUT2D eigenvalue weighted by atomic mass is 19.1. The second-order valence-electron chi connectivity index (χ2n) is 9.17. The number of nitrogens with two attached hydrogens (primary N) is 1. The van der Waals surface area contributed by atoms with E-state index in [1.165, 1.54) is 10.6 Å². The summed E-state index contributed by atoms with van der Waals surface area (Å²) < 4.78 is 34.9. The minimum absolute atomic E-state index is 0.0244. The van der Waals surface area contributed by atoms with Crippen molar-refractivity contribution >= 4 is 28.4 Å². The van der Waals surface area contributed by atoms with Crippen LogP contribution in [0.25, 0.3) is 16.6 Å². The van der Waals surface area contributed by atoms with Gasteiger partial charge in [-0.1, -0.05) is 0 Å². The standard InChI is InChI=1S/C21H22F2N6O2/c1-10-3-4-11(7-28(10)18(30)20-8-21(20,9-20)31-2)16-26-17-13-5-12(22)6-14(23)15(13)25-19(24)29(17)27-16/h5-6,10-11H,3-4,7-9H2,1-2H3,(H2,24,25)/t10-,11+,20?,21?/m0/s1. The highest BCUT2D eigenvalue weighted by Gasteiger charge is 2.89. The van der Waals surface area contributed by atoms with Crippen molar-refractivity contribution in [3.63, 3.8) is 0 Å². The molecule has 3 aromatic rings. The molecule has 3 aliphatic rings. The van der Waals surface area contributed by atoms with Crippen LogP contribution in [0.5, 0.6) is 0 Å². The Morgan fingerprint density at radius 2 is 2.03 bits per heavy atom. The van der Waals surface area contributed by atoms with Gasteiger partial charge in [-0.2, -0.15) is 4.52 Å². The molecule has 8 nitrogen and oxygen atoms in total. The topological polar surface area (TPSA) is 98.6 Å². The summed E-state index contributed by atoms with van der Waals surface area (Å²) in [6.07, 6.45) is 3.21. The Morgan fingerprint density at radius 3 is 2.74 bits per heavy atom. The first-order chi connectivity index (χ1) is 14.8. The number of rotatable bonds is 3. The van der Waals surface area contributed by atoms with Crippen molar-refractivity contribution in [2.75, 3.05) is 19.4 Å². The van der Waals surface area contributed by atoms with Crippen LogP contribution in [0.4, 0.5) is 14.7 Å². The zero-order valence-electron chi connectivity index (χ0n) is 17.2. The summed E-state index contributed by atoms with van der Waals surface area (Å²) in [6.45, 7) is 2.55. The first kappa shape index (κ1) is 18.9. The number of nitrogens with zero attached hydrogens (tertiary/aromatic N) is 5. The van der Waals surface area contributed by atoms with Crippen molar-refractivity contribution in [3.8, 4) is 0 Å². The molecule has 2 aliphatic carbocycles. The molecule has 162 valence electrons. The van der Waals surface area contributed by atoms with Gasteiger partial charge in [0.05, 0.1) is 16.4 Å². The second-order valence-corrected chi connectivity index (χ2v) is 9.17. The lowest BCUT2D eigenvalue weighted by molar-refractivity contribution is -0.138. The van der Waals surface area contributed by atoms with Crippen molar-refractivity contribution < 1.29 is 18.3 Å². The third kappa shape index (κ3) is 2.42. The van der Waals surface area contributed by atoms with E-state index in [4.69, 9.17) is 10.5 Å². The molecule has 6 rings (SSSR count). The number of benzene rings is 1. The highest BCUT2D eigenvalue weighted by molar-refractivity contribution is 5.94. The largest absolute Gasteiger partial charge is 0.377 e. The number of carbonyl (C=O) groups excluding carboxylic acids is 1. The molecule has 0 unspecified atom stereocenters. The second kappa shape index (κ2) is 5.87. The summed E-state index contributed by atoms with van der Waals surface area (Å²) in [6, 6.07) is 2.08. The van der Waals surface area contributed by atoms with Crippen LogP contribution in [0.2, 0.25) is 0 Å². The molecule has 2 saturated carbocycles. The average molecular weight is 428 g/mol. The number of methoxy groups -OCH3 is 1. The van der Waals surface area contributed by atoms with Crippen molar-refractivity contribution in [1.29, 1.82) is 0 Å². The van der Waals surface area contributed by atoms with Crippen molar-refractivity contribution in [3.05, 3.63) is 29.6 Å². The lowest BCUT2D eigenvalue weighted by Gasteiger charge is -2.37. The van der Waals surface area contributed by atoms with Crippen molar-refractivity contribution in [2.24, 2.45) is 5.41 Å². The van der Waals surface area contributed by atoms with Gasteiger partial charge in [-0.3, -0.25) is 4.79 Å². The number of hydrogen-bond donors (Lipinski definition) is 1. The van der Waals surface area contributed by atoms with E-state index in [0.717, 1.165) is 31.7 Å². The molecule has 31 heavy (non-hydrogen) atoms. The van der Waals surface area contributed by atoms with Gasteiger partial charge in [-0.15, -0.1) is 5.10 Å². The Bertz CT molecular complexity index is 1270. The molecule has 1 amide bonds. The smallest absolute Gasteiger partial charge is 0.232 e. The molecule has 2 aromatic heterocycles. The normalized spacial score (nSPS) is 31.8. The van der Waals surface area contributed by atoms with E-state index in [9.17, 15) is 13.6 Å². The maximum absolute atomic E-state index is 14.2. The summed E-state index contributed by atoms with van der Waals surface area (Å²) >= 11 is 0. The van der Waals surface area contributed by atoms with Crippen LogP contribution in [0.3, 0.4) is 0 Å². The molecule has 3 heterocycles. The number of likely N-dealkylation sites (tertiary alicyclic amines) is 1. The minimum Gasteiger partial charge on any atom is -0.377 e. The van der Waals surface area contributed by atoms with Gasteiger partial charge in [0.1, 0.15) is 11.3 Å². The number of carbonyl (C=O) groups is 1. The molecule has 2 atom stereocenters. The maximum atomic E-state index is 14.2. The summed E-state index contributed by atoms with van der Waals surface area (Å²) in [4.78, 5) is 23.8. The van der Waals surface area contributed by atoms with Gasteiger partial charge in [0.25, 0.3) is 0 Å². The number of fused-ring (bicyclic) bond motifs is 4. The number of hydrogen-bond acceptors (Lipinski definition) is 6. The zero-order valence-corrected chi connectivity index (χ0v) is 17.2. The van der Waals surface area contributed by atoms with E-state index in [1.54, 1.807) is 7.11 Å². The zero-order chi connectivity index (χ0) is 21.7. The molecule has 1 aliphatic heterocycles. The number of piperidine rings is 1. The molecule has 0 bridgehead atoms. The molecule has 1 aromatic carbocycles. The van der Waals surface area contributed by atoms with Crippen LogP contribution in [0.1, 0.15) is 44.3 Å². The van der Waals surface area contributed by atoms with Crippen molar-refractivity contribution in [1.82, 2.24) is 24.5 Å². The van der Waals surface area contributed by atoms with Gasteiger partial charge < -0.3 is 15.4 Å². The van der Waals surface area contributed by atoms with Gasteiger partial charge in [0, 0.05) is 31.7 Å². The Balaban J connectivity index is 1.36. The number of aromatic nitrogens is 4. The third-order valence-corrected chi connectivity index (χ3v) is 7.44. The predicted octanol–water partition coefficient (Wildman–Crippen LogP) is 2.41. The first-order valence-electron chi connectivity index (χ1n) is 10.5. The lowest BCUT2D eigenvalue weighted by atomic mass is 9.92. The Kier molecular flexibility index (Phi) is 3.57. The molecular weight excluding hydrogens is 406 g/mol. The van der Waals surface area contributed by atoms with Crippen molar-refractivity contribution in [2.45, 2.75) is 50.2 Å². The number of ether oxygens (including phenoxy) is 1. The van der Waals surface area contributed by atoms with Gasteiger partial charge >= 0.3 is 0 Å². The number of amides is 1. The number of halogens is 2. The third-order valence-electron chi connectivity index (χ3n) is 7.44. The summed E-state index contributed by atoms with van der Waals surface area (Å²) in [5, 5.41) is 4.70. The molecular formula is C21H22F2N6O2. The van der Waals surface area contributed by atoms with E-state index in [2.05, 4.69) is 22.0 Å². The van der Waals surface area contributed by atoms with Gasteiger partial charge in [-0.05, 0) is 38.7 Å². The van der Waals surface area contributed by atoms with E-state index in [-0.39, 0.29) is 51.4 Å². The summed E-state index contributed by atoms with van der Waals surface area (Å²) in [5.41, 5.74) is 5.61. The Labute approximate surface area is 176 Å². The van der Waals surface area contributed by atoms with Gasteiger partial charge in [0.2, 0.25) is 11.9 Å². The SMILES string of the molecule is COC12CC1(C(=O)N1C[C@H](c3nc4c5cc(F)cc(F)c5nc(N)n4n3)CC[C@@H]1C)C2. The fraction of sp³-hybridized carbons (Fsp3) is 0.524. The van der Waals surface area contributed by atoms with Crippen LogP contribution < -0.4 is 5.73 Å². The Hall–Kier alpha value is -2.88. The number of nitrogen functional groups attached to an aromatic ring is 1. The van der Waals surface area contributed by atoms with Crippen LogP contribution in [0.15, 0.2) is 12.1 Å². The van der Waals surface area contributed by atoms with Crippen LogP contribution >= 0.6 is 0 Å². The predicted molar refractivity (Wildman–Crippen MR) is 107 cm³/mol.